The van der Waals surface area contributed by atoms with Gasteiger partial charge in [-0.2, -0.15) is 0 Å². The van der Waals surface area contributed by atoms with Crippen LogP contribution in [-0.2, 0) is 11.9 Å². The summed E-state index contributed by atoms with van der Waals surface area (Å²) in [7, 11) is 0. The topological polar surface area (TPSA) is 38.2 Å². The first-order valence-electron chi connectivity index (χ1n) is 11.1. The number of aromatic hydroxyl groups is 1. The van der Waals surface area contributed by atoms with E-state index in [1.807, 2.05) is 68.4 Å². The van der Waals surface area contributed by atoms with Crippen LogP contribution in [0.5, 0.6) is 11.5 Å². The average Bonchev–Trinajstić information content (AvgIpc) is 2.91. The van der Waals surface area contributed by atoms with Crippen molar-refractivity contribution >= 4 is 50.5 Å². The molecule has 0 fully saturated rings. The van der Waals surface area contributed by atoms with Crippen LogP contribution in [0.15, 0.2) is 84.9 Å². The molecule has 0 aliphatic rings. The van der Waals surface area contributed by atoms with Gasteiger partial charge in [0.2, 0.25) is 0 Å². The van der Waals surface area contributed by atoms with Crippen molar-refractivity contribution in [1.29, 1.82) is 0 Å². The molecule has 188 valence electrons. The predicted octanol–water partition coefficient (Wildman–Crippen LogP) is 10.3. The lowest BCUT2D eigenvalue weighted by atomic mass is 10.2. The smallest absolute Gasteiger partial charge is 0.187 e. The molecule has 0 amide bonds. The number of hydrogen-bond acceptors (Lipinski definition) is 2. The maximum atomic E-state index is 8.91. The van der Waals surface area contributed by atoms with Gasteiger partial charge in [0.25, 0.3) is 0 Å². The summed E-state index contributed by atoms with van der Waals surface area (Å²) in [6.45, 7) is 18.0. The quantitative estimate of drug-likeness (QED) is 0.188. The first kappa shape index (κ1) is 29.7. The van der Waals surface area contributed by atoms with E-state index in [2.05, 4.69) is 25.6 Å². The number of halogens is 3. The Labute approximate surface area is 236 Å². The van der Waals surface area contributed by atoms with Crippen LogP contribution in [0.4, 0.5) is 11.4 Å². The van der Waals surface area contributed by atoms with Gasteiger partial charge in [-0.05, 0) is 66.4 Å². The maximum Gasteiger partial charge on any atom is 0.187 e. The van der Waals surface area contributed by atoms with Crippen molar-refractivity contribution in [2.75, 3.05) is 0 Å². The van der Waals surface area contributed by atoms with Crippen LogP contribution in [0.25, 0.3) is 9.69 Å². The summed E-state index contributed by atoms with van der Waals surface area (Å²) in [5.41, 5.74) is 5.58. The van der Waals surface area contributed by atoms with Gasteiger partial charge in [0.1, 0.15) is 18.1 Å². The van der Waals surface area contributed by atoms with E-state index in [0.717, 1.165) is 27.6 Å². The lowest BCUT2D eigenvalue weighted by Crippen LogP contribution is -1.95. The zero-order chi connectivity index (χ0) is 27.2. The second-order valence-electron chi connectivity index (χ2n) is 7.87. The Bertz CT molecular complexity index is 1410. The van der Waals surface area contributed by atoms with Gasteiger partial charge in [0.05, 0.1) is 23.2 Å². The lowest BCUT2D eigenvalue weighted by molar-refractivity contribution is 0.306. The molecule has 4 rings (SSSR count). The highest BCUT2D eigenvalue weighted by molar-refractivity contribution is 9.08. The van der Waals surface area contributed by atoms with E-state index in [9.17, 15) is 0 Å². The van der Waals surface area contributed by atoms with Crippen LogP contribution in [0, 0.1) is 27.0 Å². The molecule has 37 heavy (non-hydrogen) atoms. The summed E-state index contributed by atoms with van der Waals surface area (Å²) in [4.78, 5) is 6.69. The average molecular weight is 596 g/mol. The Morgan fingerprint density at radius 3 is 1.81 bits per heavy atom. The van der Waals surface area contributed by atoms with Crippen LogP contribution in [0.2, 0.25) is 10.0 Å². The number of rotatable bonds is 4. The minimum atomic E-state index is 0.141. The van der Waals surface area contributed by atoms with Crippen LogP contribution in [0.3, 0.4) is 0 Å². The number of benzene rings is 4. The highest BCUT2D eigenvalue weighted by Crippen LogP contribution is 2.26. The summed E-state index contributed by atoms with van der Waals surface area (Å²) in [5, 5.41) is 10.7. The SMILES string of the molecule is Cc1ccc(O)c(Cl)c1.[C-]#[N+]c1cccc(CBr)c1.[C-]#[N+]c1cccc(COc2ccc(C)cc2Cl)c1. The Morgan fingerprint density at radius 1 is 0.757 bits per heavy atom. The fourth-order valence-electron chi connectivity index (χ4n) is 2.92. The Morgan fingerprint density at radius 2 is 1.30 bits per heavy atom. The molecule has 1 N–H and O–H groups in total. The monoisotopic (exact) mass is 594 g/mol. The molecule has 0 saturated heterocycles. The Hall–Kier alpha value is -3.48. The van der Waals surface area contributed by atoms with E-state index < -0.39 is 0 Å². The molecular weight excluding hydrogens is 571 g/mol. The fourth-order valence-corrected chi connectivity index (χ4v) is 3.79. The zero-order valence-electron chi connectivity index (χ0n) is 20.4. The standard InChI is InChI=1S/C15H12ClNO.C8H6BrN.C7H7ClO/c1-11-6-7-15(14(16)8-11)18-10-12-4-3-5-13(9-12)17-2;1-10-8-4-2-3-7(5-8)6-9;1-5-2-3-7(9)6(8)4-5/h3-9H,10H2,1H3;2-5H,6H2;2-4,9H,1H3. The number of ether oxygens (including phenoxy) is 1. The van der Waals surface area contributed by atoms with Crippen molar-refractivity contribution in [2.24, 2.45) is 0 Å². The molecular formula is C30H25BrCl2N2O2. The van der Waals surface area contributed by atoms with Crippen molar-refractivity contribution in [2.45, 2.75) is 25.8 Å². The lowest BCUT2D eigenvalue weighted by Gasteiger charge is -2.08. The van der Waals surface area contributed by atoms with Gasteiger partial charge in [-0.25, -0.2) is 9.69 Å². The Kier molecular flexibility index (Phi) is 12.5. The third-order valence-electron chi connectivity index (χ3n) is 4.82. The molecule has 0 radical (unpaired) electrons. The highest BCUT2D eigenvalue weighted by Gasteiger charge is 2.02. The largest absolute Gasteiger partial charge is 0.506 e. The minimum Gasteiger partial charge on any atom is -0.506 e. The van der Waals surface area contributed by atoms with Gasteiger partial charge in [0, 0.05) is 5.33 Å². The first-order valence-corrected chi connectivity index (χ1v) is 13.0. The fraction of sp³-hybridized carbons (Fsp3) is 0.133. The number of aryl methyl sites for hydroxylation is 2. The molecule has 0 spiro atoms. The molecule has 0 aliphatic carbocycles. The summed E-state index contributed by atoms with van der Waals surface area (Å²) in [5.74, 6) is 0.803. The van der Waals surface area contributed by atoms with E-state index in [0.29, 0.717) is 33.8 Å². The maximum absolute atomic E-state index is 8.91. The molecule has 0 aromatic heterocycles. The molecule has 4 aromatic carbocycles. The van der Waals surface area contributed by atoms with Crippen molar-refractivity contribution in [3.63, 3.8) is 0 Å². The number of alkyl halides is 1. The first-order chi connectivity index (χ1) is 17.7. The molecule has 0 saturated carbocycles. The molecule has 4 aromatic rings. The summed E-state index contributed by atoms with van der Waals surface area (Å²) < 4.78 is 5.64. The number of phenols is 1. The van der Waals surface area contributed by atoms with Gasteiger partial charge in [-0.3, -0.25) is 0 Å². The number of phenolic OH excluding ortho intramolecular Hbond substituents is 1. The molecule has 0 aliphatic heterocycles. The molecule has 0 atom stereocenters. The third kappa shape index (κ3) is 10.6. The number of hydrogen-bond donors (Lipinski definition) is 1. The van der Waals surface area contributed by atoms with E-state index in [1.54, 1.807) is 30.3 Å². The van der Waals surface area contributed by atoms with Crippen molar-refractivity contribution in [3.05, 3.63) is 140 Å². The van der Waals surface area contributed by atoms with E-state index >= 15 is 0 Å². The van der Waals surface area contributed by atoms with Gasteiger partial charge < -0.3 is 9.84 Å². The molecule has 0 bridgehead atoms. The van der Waals surface area contributed by atoms with E-state index in [4.69, 9.17) is 46.2 Å². The molecule has 0 unspecified atom stereocenters. The normalized spacial score (nSPS) is 9.49. The van der Waals surface area contributed by atoms with Crippen molar-refractivity contribution < 1.29 is 9.84 Å². The number of nitrogens with zero attached hydrogens (tertiary/aromatic N) is 2. The van der Waals surface area contributed by atoms with E-state index in [-0.39, 0.29) is 5.75 Å². The summed E-state index contributed by atoms with van der Waals surface area (Å²) >= 11 is 15.0. The van der Waals surface area contributed by atoms with Gasteiger partial charge in [0.15, 0.2) is 11.4 Å². The molecule has 7 heteroatoms. The van der Waals surface area contributed by atoms with Crippen LogP contribution in [-0.4, -0.2) is 5.11 Å². The van der Waals surface area contributed by atoms with Crippen molar-refractivity contribution in [1.82, 2.24) is 0 Å². The Balaban J connectivity index is 0.000000214. The van der Waals surface area contributed by atoms with Crippen molar-refractivity contribution in [3.8, 4) is 11.5 Å². The van der Waals surface area contributed by atoms with Gasteiger partial charge in [-0.15, -0.1) is 0 Å². The highest BCUT2D eigenvalue weighted by atomic mass is 79.9. The van der Waals surface area contributed by atoms with Crippen LogP contribution in [0.1, 0.15) is 22.3 Å². The predicted molar refractivity (Wildman–Crippen MR) is 156 cm³/mol. The second kappa shape index (κ2) is 15.6. The van der Waals surface area contributed by atoms with Crippen LogP contribution >= 0.6 is 39.1 Å². The zero-order valence-corrected chi connectivity index (χ0v) is 23.5. The summed E-state index contributed by atoms with van der Waals surface area (Å²) in [6.07, 6.45) is 0. The summed E-state index contributed by atoms with van der Waals surface area (Å²) in [6, 6.07) is 25.7. The van der Waals surface area contributed by atoms with Gasteiger partial charge >= 0.3 is 0 Å². The molecule has 0 heterocycles. The molecule has 4 nitrogen and oxygen atoms in total. The van der Waals surface area contributed by atoms with E-state index in [1.165, 1.54) is 0 Å². The second-order valence-corrected chi connectivity index (χ2v) is 9.25. The third-order valence-corrected chi connectivity index (χ3v) is 6.06. The van der Waals surface area contributed by atoms with Gasteiger partial charge in [-0.1, -0.05) is 93.7 Å². The van der Waals surface area contributed by atoms with Crippen LogP contribution < -0.4 is 4.74 Å². The minimum absolute atomic E-state index is 0.141.